The fraction of sp³-hybridized carbons (Fsp3) is 0.150. The summed E-state index contributed by atoms with van der Waals surface area (Å²) < 4.78 is 5.78. The van der Waals surface area contributed by atoms with Crippen molar-refractivity contribution in [2.45, 2.75) is 19.4 Å². The van der Waals surface area contributed by atoms with Gasteiger partial charge in [0.2, 0.25) is 0 Å². The molecule has 136 valence electrons. The van der Waals surface area contributed by atoms with Crippen LogP contribution < -0.4 is 4.74 Å². The van der Waals surface area contributed by atoms with Crippen LogP contribution in [-0.2, 0) is 21.0 Å². The minimum atomic E-state index is -0.790. The van der Waals surface area contributed by atoms with E-state index in [9.17, 15) is 14.4 Å². The number of imide groups is 1. The van der Waals surface area contributed by atoms with Gasteiger partial charge in [0.25, 0.3) is 11.8 Å². The van der Waals surface area contributed by atoms with Crippen LogP contribution in [0.5, 0.6) is 5.75 Å². The second kappa shape index (κ2) is 6.95. The van der Waals surface area contributed by atoms with E-state index in [-0.39, 0.29) is 18.5 Å². The summed E-state index contributed by atoms with van der Waals surface area (Å²) in [7, 11) is 0. The van der Waals surface area contributed by atoms with Gasteiger partial charge in [-0.1, -0.05) is 30.3 Å². The maximum Gasteiger partial charge on any atom is 0.379 e. The Bertz CT molecular complexity index is 1010. The summed E-state index contributed by atoms with van der Waals surface area (Å²) in [4.78, 5) is 43.2. The van der Waals surface area contributed by atoms with Crippen molar-refractivity contribution in [2.75, 3.05) is 0 Å². The lowest BCUT2D eigenvalue weighted by Gasteiger charge is -2.11. The maximum absolute atomic E-state index is 12.2. The highest BCUT2D eigenvalue weighted by Gasteiger charge is 2.33. The lowest BCUT2D eigenvalue weighted by Crippen LogP contribution is -2.32. The second-order valence-electron chi connectivity index (χ2n) is 6.17. The van der Waals surface area contributed by atoms with E-state index in [0.29, 0.717) is 22.9 Å². The highest BCUT2D eigenvalue weighted by molar-refractivity contribution is 6.03. The number of H-pyrrole nitrogens is 1. The summed E-state index contributed by atoms with van der Waals surface area (Å²) >= 11 is 0. The normalized spacial score (nSPS) is 14.0. The average molecular weight is 364 g/mol. The number of nitrogens with one attached hydrogen (secondary N) is 1. The number of ether oxygens (including phenoxy) is 1. The largest absolute Gasteiger partial charge is 0.489 e. The number of carbonyl (C=O) groups is 3. The summed E-state index contributed by atoms with van der Waals surface area (Å²) in [5, 5.41) is 1.29. The van der Waals surface area contributed by atoms with Gasteiger partial charge in [0.1, 0.15) is 18.1 Å². The number of benzene rings is 2. The molecule has 2 aromatic carbocycles. The number of fused-ring (bicyclic) bond motifs is 1. The van der Waals surface area contributed by atoms with Crippen LogP contribution in [0.15, 0.2) is 54.6 Å². The van der Waals surface area contributed by atoms with E-state index in [1.807, 2.05) is 30.3 Å². The van der Waals surface area contributed by atoms with Crippen molar-refractivity contribution < 1.29 is 24.0 Å². The van der Waals surface area contributed by atoms with Gasteiger partial charge in [0.05, 0.1) is 0 Å². The van der Waals surface area contributed by atoms with Crippen molar-refractivity contribution in [1.82, 2.24) is 10.0 Å². The summed E-state index contributed by atoms with van der Waals surface area (Å²) in [5.74, 6) is -1.15. The van der Waals surface area contributed by atoms with E-state index in [2.05, 4.69) is 4.98 Å². The fourth-order valence-corrected chi connectivity index (χ4v) is 2.84. The number of hydroxylamine groups is 2. The molecule has 7 nitrogen and oxygen atoms in total. The van der Waals surface area contributed by atoms with Crippen LogP contribution in [-0.4, -0.2) is 27.8 Å². The van der Waals surface area contributed by atoms with Gasteiger partial charge in [0.15, 0.2) is 0 Å². The number of nitrogens with zero attached hydrogens (tertiary/aromatic N) is 1. The molecule has 2 amide bonds. The minimum Gasteiger partial charge on any atom is -0.489 e. The van der Waals surface area contributed by atoms with E-state index in [0.717, 1.165) is 10.9 Å². The molecule has 7 heteroatoms. The molecule has 1 fully saturated rings. The predicted octanol–water partition coefficient (Wildman–Crippen LogP) is 2.97. The maximum atomic E-state index is 12.2. The van der Waals surface area contributed by atoms with Crippen LogP contribution in [0.3, 0.4) is 0 Å². The molecule has 1 aliphatic heterocycles. The van der Waals surface area contributed by atoms with Crippen molar-refractivity contribution in [2.24, 2.45) is 0 Å². The van der Waals surface area contributed by atoms with E-state index in [1.165, 1.54) is 0 Å². The molecule has 1 saturated heterocycles. The Morgan fingerprint density at radius 1 is 1.00 bits per heavy atom. The zero-order chi connectivity index (χ0) is 18.8. The lowest BCUT2D eigenvalue weighted by atomic mass is 10.2. The third-order valence-corrected chi connectivity index (χ3v) is 4.24. The van der Waals surface area contributed by atoms with Crippen molar-refractivity contribution in [1.29, 1.82) is 0 Å². The molecule has 1 aromatic heterocycles. The Kier molecular flexibility index (Phi) is 4.33. The van der Waals surface area contributed by atoms with Crippen LogP contribution in [0.25, 0.3) is 10.9 Å². The molecular formula is C20H16N2O5. The van der Waals surface area contributed by atoms with Gasteiger partial charge in [0, 0.05) is 23.7 Å². The van der Waals surface area contributed by atoms with Gasteiger partial charge >= 0.3 is 5.97 Å². The van der Waals surface area contributed by atoms with E-state index in [4.69, 9.17) is 9.57 Å². The van der Waals surface area contributed by atoms with E-state index >= 15 is 0 Å². The molecule has 0 saturated carbocycles. The SMILES string of the molecule is O=C(ON1C(=O)CCC1=O)c1cc2cc(OCc3ccccc3)ccc2[nH]1. The number of hydrogen-bond acceptors (Lipinski definition) is 5. The second-order valence-corrected chi connectivity index (χ2v) is 6.17. The third-order valence-electron chi connectivity index (χ3n) is 4.24. The Morgan fingerprint density at radius 3 is 2.48 bits per heavy atom. The van der Waals surface area contributed by atoms with Gasteiger partial charge < -0.3 is 14.6 Å². The first-order valence-electron chi connectivity index (χ1n) is 8.48. The molecule has 0 unspecified atom stereocenters. The van der Waals surface area contributed by atoms with Crippen molar-refractivity contribution in [3.05, 3.63) is 65.9 Å². The van der Waals surface area contributed by atoms with Gasteiger partial charge in [-0.2, -0.15) is 0 Å². The molecule has 1 N–H and O–H groups in total. The Morgan fingerprint density at radius 2 is 1.74 bits per heavy atom. The molecule has 0 bridgehead atoms. The van der Waals surface area contributed by atoms with Crippen LogP contribution in [0.2, 0.25) is 0 Å². The predicted molar refractivity (Wildman–Crippen MR) is 95.6 cm³/mol. The monoisotopic (exact) mass is 364 g/mol. The van der Waals surface area contributed by atoms with Crippen LogP contribution in [0, 0.1) is 0 Å². The highest BCUT2D eigenvalue weighted by Crippen LogP contribution is 2.23. The summed E-state index contributed by atoms with van der Waals surface area (Å²) in [5.41, 5.74) is 1.92. The third kappa shape index (κ3) is 3.52. The summed E-state index contributed by atoms with van der Waals surface area (Å²) in [6, 6.07) is 16.8. The van der Waals surface area contributed by atoms with Crippen LogP contribution in [0.4, 0.5) is 0 Å². The van der Waals surface area contributed by atoms with Gasteiger partial charge in [-0.15, -0.1) is 5.06 Å². The molecule has 0 atom stereocenters. The fourth-order valence-electron chi connectivity index (χ4n) is 2.84. The average Bonchev–Trinajstić information content (AvgIpc) is 3.25. The molecule has 3 aromatic rings. The topological polar surface area (TPSA) is 88.7 Å². The zero-order valence-electron chi connectivity index (χ0n) is 14.3. The number of aromatic amines is 1. The van der Waals surface area contributed by atoms with Crippen LogP contribution in [0.1, 0.15) is 28.9 Å². The number of amides is 2. The van der Waals surface area contributed by atoms with Gasteiger partial charge in [-0.05, 0) is 29.8 Å². The minimum absolute atomic E-state index is 0.0565. The molecule has 27 heavy (non-hydrogen) atoms. The molecule has 0 aliphatic carbocycles. The van der Waals surface area contributed by atoms with Gasteiger partial charge in [-0.25, -0.2) is 4.79 Å². The highest BCUT2D eigenvalue weighted by atomic mass is 16.7. The van der Waals surface area contributed by atoms with Crippen molar-refractivity contribution in [3.63, 3.8) is 0 Å². The molecule has 2 heterocycles. The van der Waals surface area contributed by atoms with Crippen molar-refractivity contribution >= 4 is 28.7 Å². The smallest absolute Gasteiger partial charge is 0.379 e. The Labute approximate surface area is 154 Å². The first-order valence-corrected chi connectivity index (χ1v) is 8.48. The number of hydrogen-bond donors (Lipinski definition) is 1. The molecule has 0 spiro atoms. The number of rotatable bonds is 5. The van der Waals surface area contributed by atoms with Crippen molar-refractivity contribution in [3.8, 4) is 5.75 Å². The zero-order valence-corrected chi connectivity index (χ0v) is 14.3. The quantitative estimate of drug-likeness (QED) is 0.703. The lowest BCUT2D eigenvalue weighted by molar-refractivity contribution is -0.172. The standard InChI is InChI=1S/C20H16N2O5/c23-18-8-9-19(24)22(18)27-20(25)17-11-14-10-15(6-7-16(14)21-17)26-12-13-4-2-1-3-5-13/h1-7,10-11,21H,8-9,12H2. The first kappa shape index (κ1) is 16.8. The van der Waals surface area contributed by atoms with E-state index in [1.54, 1.807) is 24.3 Å². The van der Waals surface area contributed by atoms with Gasteiger partial charge in [-0.3, -0.25) is 9.59 Å². The first-order chi connectivity index (χ1) is 13.1. The van der Waals surface area contributed by atoms with E-state index < -0.39 is 17.8 Å². The summed E-state index contributed by atoms with van der Waals surface area (Å²) in [6.07, 6.45) is 0.113. The number of aromatic nitrogens is 1. The number of carbonyl (C=O) groups excluding carboxylic acids is 3. The summed E-state index contributed by atoms with van der Waals surface area (Å²) in [6.45, 7) is 0.435. The molecular weight excluding hydrogens is 348 g/mol. The molecule has 4 rings (SSSR count). The molecule has 0 radical (unpaired) electrons. The molecule has 1 aliphatic rings. The Balaban J connectivity index is 1.48. The van der Waals surface area contributed by atoms with Crippen LogP contribution >= 0.6 is 0 Å². The Hall–Kier alpha value is -3.61.